The van der Waals surface area contributed by atoms with Crippen molar-refractivity contribution in [3.05, 3.63) is 96.1 Å². The molecule has 1 aliphatic carbocycles. The molecule has 32 heavy (non-hydrogen) atoms. The first-order valence-electron chi connectivity index (χ1n) is 11.1. The first-order valence-corrected chi connectivity index (χ1v) is 11.1. The van der Waals surface area contributed by atoms with E-state index in [2.05, 4.69) is 115 Å². The minimum atomic E-state index is 0.0367. The largest absolute Gasteiger partial charge is 0.313 e. The van der Waals surface area contributed by atoms with Gasteiger partial charge in [0.1, 0.15) is 0 Å². The van der Waals surface area contributed by atoms with Crippen molar-refractivity contribution >= 4 is 27.8 Å². The fourth-order valence-corrected chi connectivity index (χ4v) is 5.65. The predicted molar refractivity (Wildman–Crippen MR) is 132 cm³/mol. The molecular weight excluding hydrogens is 390 g/mol. The number of hydrogen-bond donors (Lipinski definition) is 0. The monoisotopic (exact) mass is 413 g/mol. The molecule has 0 unspecified atom stereocenters. The molecular formula is C29H23N3. The topological polar surface area (TPSA) is 22.2 Å². The Hall–Kier alpha value is -3.85. The van der Waals surface area contributed by atoms with Crippen LogP contribution in [0.25, 0.3) is 50.1 Å². The number of hydrogen-bond acceptors (Lipinski definition) is 1. The number of para-hydroxylation sites is 2. The smallest absolute Gasteiger partial charge is 0.215 e. The van der Waals surface area contributed by atoms with Crippen molar-refractivity contribution in [2.75, 3.05) is 0 Å². The van der Waals surface area contributed by atoms with Gasteiger partial charge in [-0.25, -0.2) is 4.98 Å². The third kappa shape index (κ3) is 2.13. The highest BCUT2D eigenvalue weighted by atomic mass is 15.2. The summed E-state index contributed by atoms with van der Waals surface area (Å²) in [6.07, 6.45) is 0. The Morgan fingerprint density at radius 1 is 0.656 bits per heavy atom. The van der Waals surface area contributed by atoms with E-state index < -0.39 is 0 Å². The Morgan fingerprint density at radius 3 is 2.22 bits per heavy atom. The number of nitrogens with zero attached hydrogens (tertiary/aromatic N) is 3. The summed E-state index contributed by atoms with van der Waals surface area (Å²) >= 11 is 0. The minimum absolute atomic E-state index is 0.0367. The lowest BCUT2D eigenvalue weighted by Gasteiger charge is -2.21. The molecule has 0 N–H and O–H groups in total. The highest BCUT2D eigenvalue weighted by Gasteiger charge is 2.35. The van der Waals surface area contributed by atoms with Crippen molar-refractivity contribution in [1.29, 1.82) is 0 Å². The van der Waals surface area contributed by atoms with Crippen LogP contribution in [0.15, 0.2) is 84.9 Å². The number of fused-ring (bicyclic) bond motifs is 8. The Kier molecular flexibility index (Phi) is 3.27. The van der Waals surface area contributed by atoms with Gasteiger partial charge in [0.15, 0.2) is 0 Å². The van der Waals surface area contributed by atoms with Gasteiger partial charge in [0, 0.05) is 12.5 Å². The van der Waals surface area contributed by atoms with E-state index in [1.165, 1.54) is 44.4 Å². The molecule has 1 aliphatic rings. The maximum absolute atomic E-state index is 4.92. The van der Waals surface area contributed by atoms with Gasteiger partial charge in [0.05, 0.1) is 22.1 Å². The van der Waals surface area contributed by atoms with Crippen LogP contribution >= 0.6 is 0 Å². The SMILES string of the molecule is Cn1c2ccccc2n2c3cc(-c4ccc5c(c4)-c4ccccc4C5(C)C)ccc3nc12. The Labute approximate surface area is 186 Å². The molecule has 3 nitrogen and oxygen atoms in total. The number of aryl methyl sites for hydroxylation is 1. The molecule has 3 heteroatoms. The van der Waals surface area contributed by atoms with Crippen molar-refractivity contribution in [3.63, 3.8) is 0 Å². The van der Waals surface area contributed by atoms with Crippen molar-refractivity contribution in [1.82, 2.24) is 14.0 Å². The molecule has 0 fully saturated rings. The van der Waals surface area contributed by atoms with Gasteiger partial charge >= 0.3 is 0 Å². The van der Waals surface area contributed by atoms with Gasteiger partial charge in [-0.15, -0.1) is 0 Å². The molecule has 6 aromatic rings. The van der Waals surface area contributed by atoms with Crippen LogP contribution in [-0.2, 0) is 12.5 Å². The number of imidazole rings is 2. The molecule has 0 radical (unpaired) electrons. The Bertz CT molecular complexity index is 1710. The minimum Gasteiger partial charge on any atom is -0.313 e. The molecule has 2 heterocycles. The molecule has 0 amide bonds. The van der Waals surface area contributed by atoms with Crippen LogP contribution in [0.2, 0.25) is 0 Å². The number of benzene rings is 4. The summed E-state index contributed by atoms with van der Waals surface area (Å²) in [5, 5.41) is 0. The second-order valence-electron chi connectivity index (χ2n) is 9.43. The average molecular weight is 414 g/mol. The molecule has 2 aromatic heterocycles. The maximum atomic E-state index is 4.92. The second-order valence-corrected chi connectivity index (χ2v) is 9.43. The van der Waals surface area contributed by atoms with E-state index in [0.717, 1.165) is 16.8 Å². The molecule has 4 aromatic carbocycles. The van der Waals surface area contributed by atoms with E-state index in [9.17, 15) is 0 Å². The fourth-order valence-electron chi connectivity index (χ4n) is 5.65. The summed E-state index contributed by atoms with van der Waals surface area (Å²) in [5.74, 6) is 0.975. The number of aromatic nitrogens is 3. The molecule has 7 rings (SSSR count). The van der Waals surface area contributed by atoms with E-state index in [1.54, 1.807) is 0 Å². The van der Waals surface area contributed by atoms with Gasteiger partial charge in [-0.05, 0) is 63.7 Å². The van der Waals surface area contributed by atoms with Gasteiger partial charge in [0.2, 0.25) is 5.78 Å². The molecule has 154 valence electrons. The van der Waals surface area contributed by atoms with Gasteiger partial charge in [-0.2, -0.15) is 0 Å². The first kappa shape index (κ1) is 17.8. The van der Waals surface area contributed by atoms with Crippen LogP contribution < -0.4 is 0 Å². The summed E-state index contributed by atoms with van der Waals surface area (Å²) in [6, 6.07) is 30.9. The lowest BCUT2D eigenvalue weighted by Crippen LogP contribution is -2.14. The van der Waals surface area contributed by atoms with Crippen molar-refractivity contribution in [3.8, 4) is 22.3 Å². The zero-order chi connectivity index (χ0) is 21.6. The highest BCUT2D eigenvalue weighted by Crippen LogP contribution is 2.49. The van der Waals surface area contributed by atoms with Crippen molar-refractivity contribution in [2.24, 2.45) is 7.05 Å². The third-order valence-corrected chi connectivity index (χ3v) is 7.34. The Balaban J connectivity index is 1.47. The van der Waals surface area contributed by atoms with Crippen LogP contribution in [0.3, 0.4) is 0 Å². The lowest BCUT2D eigenvalue weighted by molar-refractivity contribution is 0.660. The summed E-state index contributed by atoms with van der Waals surface area (Å²) in [4.78, 5) is 4.92. The first-order chi connectivity index (χ1) is 15.5. The van der Waals surface area contributed by atoms with E-state index >= 15 is 0 Å². The van der Waals surface area contributed by atoms with E-state index in [1.807, 2.05) is 0 Å². The van der Waals surface area contributed by atoms with Crippen LogP contribution in [0.1, 0.15) is 25.0 Å². The van der Waals surface area contributed by atoms with Gasteiger partial charge in [-0.1, -0.05) is 68.4 Å². The molecule has 0 bridgehead atoms. The quantitative estimate of drug-likeness (QED) is 0.286. The second kappa shape index (κ2) is 5.89. The normalized spacial score (nSPS) is 14.3. The van der Waals surface area contributed by atoms with Crippen LogP contribution in [-0.4, -0.2) is 14.0 Å². The summed E-state index contributed by atoms with van der Waals surface area (Å²) in [7, 11) is 2.09. The van der Waals surface area contributed by atoms with Gasteiger partial charge in [0.25, 0.3) is 0 Å². The summed E-state index contributed by atoms with van der Waals surface area (Å²) in [5.41, 5.74) is 12.6. The molecule has 0 saturated heterocycles. The Morgan fingerprint density at radius 2 is 1.34 bits per heavy atom. The number of rotatable bonds is 1. The van der Waals surface area contributed by atoms with E-state index in [4.69, 9.17) is 4.98 Å². The zero-order valence-corrected chi connectivity index (χ0v) is 18.4. The van der Waals surface area contributed by atoms with Crippen molar-refractivity contribution in [2.45, 2.75) is 19.3 Å². The van der Waals surface area contributed by atoms with Crippen LogP contribution in [0.5, 0.6) is 0 Å². The zero-order valence-electron chi connectivity index (χ0n) is 18.4. The molecule has 0 atom stereocenters. The van der Waals surface area contributed by atoms with Gasteiger partial charge < -0.3 is 4.57 Å². The van der Waals surface area contributed by atoms with E-state index in [-0.39, 0.29) is 5.41 Å². The van der Waals surface area contributed by atoms with Crippen molar-refractivity contribution < 1.29 is 0 Å². The van der Waals surface area contributed by atoms with Gasteiger partial charge in [-0.3, -0.25) is 4.40 Å². The third-order valence-electron chi connectivity index (χ3n) is 7.34. The standard InChI is InChI=1S/C29H23N3/c1-29(2)22-9-5-4-8-20(22)21-16-18(12-14-23(21)29)19-13-15-24-27(17-19)32-26-11-7-6-10-25(26)31(3)28(32)30-24/h4-17H,1-3H3. The lowest BCUT2D eigenvalue weighted by atomic mass is 9.82. The fraction of sp³-hybridized carbons (Fsp3) is 0.138. The summed E-state index contributed by atoms with van der Waals surface area (Å²) < 4.78 is 4.45. The highest BCUT2D eigenvalue weighted by molar-refractivity contribution is 5.93. The molecule has 0 aliphatic heterocycles. The average Bonchev–Trinajstić information content (AvgIpc) is 3.41. The molecule has 0 saturated carbocycles. The van der Waals surface area contributed by atoms with Crippen LogP contribution in [0.4, 0.5) is 0 Å². The maximum Gasteiger partial charge on any atom is 0.215 e. The summed E-state index contributed by atoms with van der Waals surface area (Å²) in [6.45, 7) is 4.65. The van der Waals surface area contributed by atoms with Crippen LogP contribution in [0, 0.1) is 0 Å². The predicted octanol–water partition coefficient (Wildman–Crippen LogP) is 6.95. The molecule has 0 spiro atoms. The van der Waals surface area contributed by atoms with E-state index in [0.29, 0.717) is 0 Å².